The summed E-state index contributed by atoms with van der Waals surface area (Å²) in [4.78, 5) is 13.9. The number of nitrogens with zero attached hydrogens (tertiary/aromatic N) is 1. The Morgan fingerprint density at radius 1 is 1.48 bits per heavy atom. The van der Waals surface area contributed by atoms with E-state index in [1.807, 2.05) is 18.7 Å². The molecule has 0 spiro atoms. The van der Waals surface area contributed by atoms with Crippen molar-refractivity contribution < 1.29 is 9.18 Å². The average Bonchev–Trinajstić information content (AvgIpc) is 2.44. The first-order valence-corrected chi connectivity index (χ1v) is 6.96. The molecule has 0 saturated carbocycles. The van der Waals surface area contributed by atoms with Crippen molar-refractivity contribution >= 4 is 5.91 Å². The van der Waals surface area contributed by atoms with Crippen LogP contribution in [0.4, 0.5) is 4.39 Å². The minimum absolute atomic E-state index is 0.0282. The van der Waals surface area contributed by atoms with Gasteiger partial charge in [0.1, 0.15) is 5.82 Å². The highest BCUT2D eigenvalue weighted by Gasteiger charge is 2.37. The molecule has 3 N–H and O–H groups in total. The Morgan fingerprint density at radius 3 is 2.90 bits per heavy atom. The van der Waals surface area contributed by atoms with Crippen molar-refractivity contribution in [3.63, 3.8) is 0 Å². The van der Waals surface area contributed by atoms with Gasteiger partial charge in [0.25, 0.3) is 0 Å². The van der Waals surface area contributed by atoms with Crippen LogP contribution in [0.3, 0.4) is 0 Å². The first kappa shape index (κ1) is 15.5. The van der Waals surface area contributed by atoms with Crippen LogP contribution in [0.1, 0.15) is 25.0 Å². The second-order valence-corrected chi connectivity index (χ2v) is 5.55. The van der Waals surface area contributed by atoms with E-state index < -0.39 is 5.54 Å². The summed E-state index contributed by atoms with van der Waals surface area (Å²) in [5.41, 5.74) is 5.84. The summed E-state index contributed by atoms with van der Waals surface area (Å²) < 4.78 is 14.2. The lowest BCUT2D eigenvalue weighted by atomic mass is 9.97. The zero-order valence-corrected chi connectivity index (χ0v) is 12.4. The van der Waals surface area contributed by atoms with E-state index in [1.165, 1.54) is 6.07 Å². The summed E-state index contributed by atoms with van der Waals surface area (Å²) in [6, 6.07) is 4.91. The van der Waals surface area contributed by atoms with Crippen LogP contribution in [-0.2, 0) is 11.3 Å². The standard InChI is InChI=1S/C16H20FN3O/c1-16(2)15(21)19-8-9-20(16)11-13-6-5-12(4-3-7-18)10-14(13)17/h5-6,10H,7-9,11,18H2,1-2H3,(H,19,21). The Balaban J connectivity index is 2.18. The molecule has 1 aromatic carbocycles. The van der Waals surface area contributed by atoms with Crippen molar-refractivity contribution in [1.82, 2.24) is 10.2 Å². The van der Waals surface area contributed by atoms with Crippen LogP contribution in [0, 0.1) is 17.7 Å². The van der Waals surface area contributed by atoms with E-state index in [2.05, 4.69) is 17.2 Å². The third-order valence-electron chi connectivity index (χ3n) is 3.76. The normalized spacial score (nSPS) is 17.8. The molecule has 1 saturated heterocycles. The SMILES string of the molecule is CC1(C)C(=O)NCCN1Cc1ccc(C#CCN)cc1F. The third kappa shape index (κ3) is 3.41. The van der Waals surface area contributed by atoms with Crippen molar-refractivity contribution in [1.29, 1.82) is 0 Å². The van der Waals surface area contributed by atoms with Crippen LogP contribution in [0.2, 0.25) is 0 Å². The minimum Gasteiger partial charge on any atom is -0.353 e. The van der Waals surface area contributed by atoms with Crippen LogP contribution in [0.25, 0.3) is 0 Å². The van der Waals surface area contributed by atoms with Gasteiger partial charge < -0.3 is 11.1 Å². The molecule has 0 radical (unpaired) electrons. The number of carbonyl (C=O) groups is 1. The fourth-order valence-corrected chi connectivity index (χ4v) is 2.33. The summed E-state index contributed by atoms with van der Waals surface area (Å²) in [7, 11) is 0. The van der Waals surface area contributed by atoms with E-state index in [9.17, 15) is 9.18 Å². The van der Waals surface area contributed by atoms with Crippen LogP contribution in [0.15, 0.2) is 18.2 Å². The van der Waals surface area contributed by atoms with Crippen LogP contribution < -0.4 is 11.1 Å². The monoisotopic (exact) mass is 289 g/mol. The van der Waals surface area contributed by atoms with Crippen LogP contribution in [0.5, 0.6) is 0 Å². The topological polar surface area (TPSA) is 58.4 Å². The Morgan fingerprint density at radius 2 is 2.24 bits per heavy atom. The highest BCUT2D eigenvalue weighted by Crippen LogP contribution is 2.22. The van der Waals surface area contributed by atoms with Crippen molar-refractivity contribution in [2.45, 2.75) is 25.9 Å². The summed E-state index contributed by atoms with van der Waals surface area (Å²) in [6.45, 7) is 5.63. The Labute approximate surface area is 124 Å². The smallest absolute Gasteiger partial charge is 0.240 e. The lowest BCUT2D eigenvalue weighted by Gasteiger charge is -2.41. The molecule has 4 nitrogen and oxygen atoms in total. The number of halogens is 1. The first-order chi connectivity index (χ1) is 9.95. The molecule has 1 fully saturated rings. The number of benzene rings is 1. The molecule has 0 unspecified atom stereocenters. The molecule has 1 aromatic rings. The fourth-order valence-electron chi connectivity index (χ4n) is 2.33. The molecule has 21 heavy (non-hydrogen) atoms. The van der Waals surface area contributed by atoms with Gasteiger partial charge in [-0.15, -0.1) is 0 Å². The molecule has 0 aromatic heterocycles. The van der Waals surface area contributed by atoms with Gasteiger partial charge in [0, 0.05) is 30.8 Å². The van der Waals surface area contributed by atoms with Crippen molar-refractivity contribution in [2.24, 2.45) is 5.73 Å². The Bertz CT molecular complexity index is 601. The van der Waals surface area contributed by atoms with Gasteiger partial charge in [0.05, 0.1) is 12.1 Å². The zero-order chi connectivity index (χ0) is 15.5. The number of hydrogen-bond acceptors (Lipinski definition) is 3. The maximum absolute atomic E-state index is 14.2. The predicted molar refractivity (Wildman–Crippen MR) is 79.8 cm³/mol. The Kier molecular flexibility index (Phi) is 4.61. The molecule has 0 aliphatic carbocycles. The van der Waals surface area contributed by atoms with Crippen molar-refractivity contribution in [2.75, 3.05) is 19.6 Å². The van der Waals surface area contributed by atoms with Crippen LogP contribution in [-0.4, -0.2) is 36.0 Å². The highest BCUT2D eigenvalue weighted by atomic mass is 19.1. The van der Waals surface area contributed by atoms with E-state index in [0.29, 0.717) is 30.8 Å². The van der Waals surface area contributed by atoms with E-state index in [-0.39, 0.29) is 18.3 Å². The quantitative estimate of drug-likeness (QED) is 0.794. The molecule has 5 heteroatoms. The summed E-state index contributed by atoms with van der Waals surface area (Å²) in [5, 5.41) is 2.83. The molecule has 0 bridgehead atoms. The van der Waals surface area contributed by atoms with Crippen LogP contribution >= 0.6 is 0 Å². The molecule has 1 heterocycles. The predicted octanol–water partition coefficient (Wildman–Crippen LogP) is 0.846. The number of nitrogens with one attached hydrogen (secondary N) is 1. The first-order valence-electron chi connectivity index (χ1n) is 6.96. The molecule has 112 valence electrons. The molecular formula is C16H20FN3O. The molecule has 1 aliphatic rings. The Hall–Kier alpha value is -1.90. The van der Waals surface area contributed by atoms with E-state index in [4.69, 9.17) is 5.73 Å². The number of carbonyl (C=O) groups excluding carboxylic acids is 1. The van der Waals surface area contributed by atoms with E-state index >= 15 is 0 Å². The summed E-state index contributed by atoms with van der Waals surface area (Å²) in [5.74, 6) is 5.17. The van der Waals surface area contributed by atoms with Gasteiger partial charge in [-0.05, 0) is 26.0 Å². The number of nitrogens with two attached hydrogens (primary N) is 1. The largest absolute Gasteiger partial charge is 0.353 e. The number of hydrogen-bond donors (Lipinski definition) is 2. The maximum Gasteiger partial charge on any atom is 0.240 e. The van der Waals surface area contributed by atoms with Gasteiger partial charge in [0.15, 0.2) is 0 Å². The molecule has 2 rings (SSSR count). The van der Waals surface area contributed by atoms with Gasteiger partial charge in [-0.3, -0.25) is 9.69 Å². The summed E-state index contributed by atoms with van der Waals surface area (Å²) in [6.07, 6.45) is 0. The second kappa shape index (κ2) is 6.25. The lowest BCUT2D eigenvalue weighted by Crippen LogP contribution is -2.61. The molecular weight excluding hydrogens is 269 g/mol. The third-order valence-corrected chi connectivity index (χ3v) is 3.76. The number of rotatable bonds is 2. The van der Waals surface area contributed by atoms with Gasteiger partial charge in [-0.1, -0.05) is 17.9 Å². The van der Waals surface area contributed by atoms with Gasteiger partial charge in [0.2, 0.25) is 5.91 Å². The molecule has 1 aliphatic heterocycles. The van der Waals surface area contributed by atoms with Crippen molar-refractivity contribution in [3.8, 4) is 11.8 Å². The lowest BCUT2D eigenvalue weighted by molar-refractivity contribution is -0.135. The highest BCUT2D eigenvalue weighted by molar-refractivity contribution is 5.86. The van der Waals surface area contributed by atoms with Gasteiger partial charge in [-0.25, -0.2) is 4.39 Å². The van der Waals surface area contributed by atoms with Gasteiger partial charge in [-0.2, -0.15) is 0 Å². The van der Waals surface area contributed by atoms with Gasteiger partial charge >= 0.3 is 0 Å². The molecule has 1 amide bonds. The maximum atomic E-state index is 14.2. The fraction of sp³-hybridized carbons (Fsp3) is 0.438. The van der Waals surface area contributed by atoms with Crippen molar-refractivity contribution in [3.05, 3.63) is 35.1 Å². The number of piperazine rings is 1. The minimum atomic E-state index is -0.636. The number of amides is 1. The molecule has 0 atom stereocenters. The summed E-state index contributed by atoms with van der Waals surface area (Å²) >= 11 is 0. The van der Waals surface area contributed by atoms with E-state index in [1.54, 1.807) is 12.1 Å². The average molecular weight is 289 g/mol. The second-order valence-electron chi connectivity index (χ2n) is 5.55. The zero-order valence-electron chi connectivity index (χ0n) is 12.4. The van der Waals surface area contributed by atoms with E-state index in [0.717, 1.165) is 0 Å².